The second-order valence-electron chi connectivity index (χ2n) is 1.92. The Hall–Kier alpha value is 0.460. The van der Waals surface area contributed by atoms with Gasteiger partial charge in [0, 0.05) is 0 Å². The van der Waals surface area contributed by atoms with Crippen LogP contribution in [0.5, 0.6) is 0 Å². The summed E-state index contributed by atoms with van der Waals surface area (Å²) >= 11 is 0. The van der Waals surface area contributed by atoms with Gasteiger partial charge in [-0.25, -0.2) is 0 Å². The molecule has 0 spiro atoms. The van der Waals surface area contributed by atoms with Crippen LogP contribution in [0.15, 0.2) is 0 Å². The van der Waals surface area contributed by atoms with Crippen molar-refractivity contribution in [1.82, 2.24) is 0 Å². The van der Waals surface area contributed by atoms with E-state index in [1.807, 2.05) is 0 Å². The minimum atomic E-state index is -3.65. The molecule has 0 saturated carbocycles. The van der Waals surface area contributed by atoms with E-state index in [4.69, 9.17) is 0 Å². The minimum Gasteiger partial charge on any atom is -0.0614 e. The maximum atomic E-state index is 12.6. The molecule has 0 aromatic heterocycles. The van der Waals surface area contributed by atoms with Gasteiger partial charge in [-0.2, -0.15) is 0 Å². The topological polar surface area (TPSA) is 0 Å². The summed E-state index contributed by atoms with van der Waals surface area (Å²) < 4.78 is 25.2. The molecule has 0 aliphatic heterocycles. The normalized spacial score (nSPS) is 16.0. The first kappa shape index (κ1) is 9.46. The largest absolute Gasteiger partial charge is 0.436 e. The molecular formula is C5H11F2P2+. The highest BCUT2D eigenvalue weighted by Gasteiger charge is 2.44. The van der Waals surface area contributed by atoms with E-state index in [0.717, 1.165) is 0 Å². The number of halogens is 2. The Bertz CT molecular complexity index is 103. The van der Waals surface area contributed by atoms with E-state index in [2.05, 4.69) is 6.30 Å². The summed E-state index contributed by atoms with van der Waals surface area (Å²) in [6, 6.07) is 0. The zero-order chi connectivity index (χ0) is 7.49. The van der Waals surface area contributed by atoms with Gasteiger partial charge in [0.1, 0.15) is 5.66 Å². The standard InChI is InChI=1S/C5H11F2P2/c1-4-5(2)9(6,7)8-3/h5H,3-4H2,1-2H3/q+1. The SMILES string of the molecule is C=P[P+](F)(F)C(C)CC. The van der Waals surface area contributed by atoms with Gasteiger partial charge >= 0.3 is 7.57 Å². The molecule has 4 heteroatoms. The molecule has 0 nitrogen and oxygen atoms in total. The lowest BCUT2D eigenvalue weighted by atomic mass is 10.4. The van der Waals surface area contributed by atoms with E-state index in [1.54, 1.807) is 13.8 Å². The third-order valence-electron chi connectivity index (χ3n) is 1.31. The first-order valence-corrected chi connectivity index (χ1v) is 6.23. The van der Waals surface area contributed by atoms with Gasteiger partial charge in [-0.05, 0) is 28.0 Å². The molecule has 0 aliphatic carbocycles. The van der Waals surface area contributed by atoms with Crippen LogP contribution in [0.25, 0.3) is 0 Å². The number of rotatable bonds is 3. The summed E-state index contributed by atoms with van der Waals surface area (Å²) in [6.07, 6.45) is 3.76. The molecule has 0 amide bonds. The monoisotopic (exact) mass is 171 g/mol. The second-order valence-corrected chi connectivity index (χ2v) is 6.59. The van der Waals surface area contributed by atoms with Gasteiger partial charge in [-0.15, -0.1) is 0 Å². The predicted octanol–water partition coefficient (Wildman–Crippen LogP) is 3.86. The Morgan fingerprint density at radius 1 is 1.67 bits per heavy atom. The fourth-order valence-electron chi connectivity index (χ4n) is 0.359. The number of hydrogen-bond acceptors (Lipinski definition) is 0. The molecule has 0 fully saturated rings. The minimum absolute atomic E-state index is 0.0435. The summed E-state index contributed by atoms with van der Waals surface area (Å²) in [4.78, 5) is 0. The summed E-state index contributed by atoms with van der Waals surface area (Å²) in [6.45, 7) is 3.37. The van der Waals surface area contributed by atoms with E-state index in [0.29, 0.717) is 6.42 Å². The van der Waals surface area contributed by atoms with Crippen molar-refractivity contribution in [2.75, 3.05) is 0 Å². The summed E-state index contributed by atoms with van der Waals surface area (Å²) in [5.74, 6) is 0. The van der Waals surface area contributed by atoms with Gasteiger partial charge in [-0.1, -0.05) is 6.92 Å². The van der Waals surface area contributed by atoms with Gasteiger partial charge in [0.2, 0.25) is 0 Å². The molecule has 0 N–H and O–H groups in total. The average Bonchev–Trinajstić information content (AvgIpc) is 1.86. The Balaban J connectivity index is 3.95. The van der Waals surface area contributed by atoms with Gasteiger partial charge < -0.3 is 0 Å². The zero-order valence-electron chi connectivity index (χ0n) is 5.64. The third kappa shape index (κ3) is 2.69. The van der Waals surface area contributed by atoms with Crippen LogP contribution < -0.4 is 0 Å². The molecule has 1 atom stereocenters. The Labute approximate surface area is 56.9 Å². The number of hydrogen-bond donors (Lipinski definition) is 0. The van der Waals surface area contributed by atoms with Crippen molar-refractivity contribution in [3.63, 3.8) is 0 Å². The lowest BCUT2D eigenvalue weighted by Crippen LogP contribution is -1.94. The van der Waals surface area contributed by atoms with Crippen molar-refractivity contribution in [3.05, 3.63) is 0 Å². The van der Waals surface area contributed by atoms with Crippen LogP contribution in [0.2, 0.25) is 0 Å². The lowest BCUT2D eigenvalue weighted by molar-refractivity contribution is 0.682. The van der Waals surface area contributed by atoms with Crippen LogP contribution in [-0.4, -0.2) is 12.0 Å². The van der Waals surface area contributed by atoms with E-state index in [9.17, 15) is 8.39 Å². The van der Waals surface area contributed by atoms with Crippen molar-refractivity contribution >= 4 is 21.8 Å². The molecule has 0 aromatic rings. The van der Waals surface area contributed by atoms with E-state index < -0.39 is 13.2 Å². The first-order valence-electron chi connectivity index (χ1n) is 2.81. The fraction of sp³-hybridized carbons (Fsp3) is 0.800. The fourth-order valence-corrected chi connectivity index (χ4v) is 2.40. The first-order chi connectivity index (χ1) is 4.04. The van der Waals surface area contributed by atoms with Gasteiger partial charge in [0.25, 0.3) is 0 Å². The van der Waals surface area contributed by atoms with Gasteiger partial charge in [-0.3, -0.25) is 0 Å². The Morgan fingerprint density at radius 3 is 2.22 bits per heavy atom. The lowest BCUT2D eigenvalue weighted by Gasteiger charge is -2.04. The third-order valence-corrected chi connectivity index (χ3v) is 5.43. The molecule has 0 radical (unpaired) electrons. The molecule has 0 rings (SSSR count). The van der Waals surface area contributed by atoms with Crippen LogP contribution in [0, 0.1) is 0 Å². The van der Waals surface area contributed by atoms with Gasteiger partial charge in [0.15, 0.2) is 7.89 Å². The van der Waals surface area contributed by atoms with Crippen molar-refractivity contribution in [2.45, 2.75) is 25.9 Å². The molecule has 0 aliphatic rings. The van der Waals surface area contributed by atoms with Crippen LogP contribution in [0.4, 0.5) is 8.39 Å². The zero-order valence-corrected chi connectivity index (χ0v) is 7.43. The molecule has 9 heavy (non-hydrogen) atoms. The summed E-state index contributed by atoms with van der Waals surface area (Å²) in [5.41, 5.74) is -0.434. The van der Waals surface area contributed by atoms with E-state index in [-0.39, 0.29) is 7.89 Å². The summed E-state index contributed by atoms with van der Waals surface area (Å²) in [5, 5.41) is 0. The molecule has 0 heterocycles. The van der Waals surface area contributed by atoms with Crippen molar-refractivity contribution < 1.29 is 8.39 Å². The van der Waals surface area contributed by atoms with Crippen LogP contribution in [0.1, 0.15) is 20.3 Å². The molecule has 54 valence electrons. The molecule has 0 bridgehead atoms. The smallest absolute Gasteiger partial charge is 0.0614 e. The highest BCUT2D eigenvalue weighted by Crippen LogP contribution is 2.76. The quantitative estimate of drug-likeness (QED) is 0.565. The van der Waals surface area contributed by atoms with E-state index >= 15 is 0 Å². The Morgan fingerprint density at radius 2 is 2.11 bits per heavy atom. The predicted molar refractivity (Wildman–Crippen MR) is 42.9 cm³/mol. The molecular weight excluding hydrogens is 160 g/mol. The van der Waals surface area contributed by atoms with E-state index in [1.165, 1.54) is 0 Å². The van der Waals surface area contributed by atoms with Crippen LogP contribution in [0.3, 0.4) is 0 Å². The Kier molecular flexibility index (Phi) is 3.77. The molecule has 1 unspecified atom stereocenters. The second kappa shape index (κ2) is 3.58. The van der Waals surface area contributed by atoms with Crippen molar-refractivity contribution in [1.29, 1.82) is 0 Å². The van der Waals surface area contributed by atoms with Crippen molar-refractivity contribution in [3.8, 4) is 0 Å². The van der Waals surface area contributed by atoms with Crippen LogP contribution >= 0.6 is 15.5 Å². The maximum absolute atomic E-state index is 12.6. The summed E-state index contributed by atoms with van der Waals surface area (Å²) in [7, 11) is -3.61. The highest BCUT2D eigenvalue weighted by molar-refractivity contribution is 8.25. The van der Waals surface area contributed by atoms with Crippen LogP contribution in [-0.2, 0) is 0 Å². The molecule has 0 saturated heterocycles. The molecule has 0 aromatic carbocycles. The highest BCUT2D eigenvalue weighted by atomic mass is 32.1. The van der Waals surface area contributed by atoms with Crippen molar-refractivity contribution in [2.24, 2.45) is 0 Å². The maximum Gasteiger partial charge on any atom is 0.436 e. The van der Waals surface area contributed by atoms with Gasteiger partial charge in [0.05, 0.1) is 0 Å². The average molecular weight is 171 g/mol.